The molecule has 2 amide bonds. The fourth-order valence-electron chi connectivity index (χ4n) is 3.22. The summed E-state index contributed by atoms with van der Waals surface area (Å²) in [4.78, 5) is 24.4. The lowest BCUT2D eigenvalue weighted by molar-refractivity contribution is 0.0570. The summed E-state index contributed by atoms with van der Waals surface area (Å²) in [6, 6.07) is 11.6. The summed E-state index contributed by atoms with van der Waals surface area (Å²) in [5, 5.41) is 1.62. The van der Waals surface area contributed by atoms with Gasteiger partial charge in [-0.05, 0) is 63.9 Å². The molecule has 0 aliphatic carbocycles. The zero-order valence-electron chi connectivity index (χ0n) is 17.6. The Morgan fingerprint density at radius 1 is 1.16 bits per heavy atom. The molecule has 0 saturated heterocycles. The highest BCUT2D eigenvalue weighted by atomic mass is 35.5. The van der Waals surface area contributed by atoms with Crippen molar-refractivity contribution in [3.63, 3.8) is 0 Å². The normalized spacial score (nSPS) is 15.9. The van der Waals surface area contributed by atoms with E-state index in [0.717, 1.165) is 23.7 Å². The van der Waals surface area contributed by atoms with E-state index in [1.165, 1.54) is 12.1 Å². The third kappa shape index (κ3) is 5.29. The number of nitrogens with one attached hydrogen (secondary N) is 2. The summed E-state index contributed by atoms with van der Waals surface area (Å²) in [6.45, 7) is 6.79. The zero-order chi connectivity index (χ0) is 23.0. The van der Waals surface area contributed by atoms with Crippen molar-refractivity contribution in [3.8, 4) is 0 Å². The number of hydrazine groups is 1. The molecule has 8 nitrogen and oxygen atoms in total. The Labute approximate surface area is 186 Å². The molecule has 10 heteroatoms. The van der Waals surface area contributed by atoms with Crippen LogP contribution in [0.3, 0.4) is 0 Å². The third-order valence-electron chi connectivity index (χ3n) is 4.53. The van der Waals surface area contributed by atoms with Crippen molar-refractivity contribution in [2.24, 2.45) is 0 Å². The lowest BCUT2D eigenvalue weighted by Crippen LogP contribution is -2.45. The van der Waals surface area contributed by atoms with Crippen molar-refractivity contribution in [1.29, 1.82) is 0 Å². The minimum Gasteiger partial charge on any atom is -0.443 e. The molecule has 0 unspecified atom stereocenters. The van der Waals surface area contributed by atoms with Crippen LogP contribution in [-0.4, -0.2) is 32.1 Å². The minimum absolute atomic E-state index is 0.0330. The molecule has 166 valence electrons. The largest absolute Gasteiger partial charge is 0.443 e. The summed E-state index contributed by atoms with van der Waals surface area (Å²) in [6.07, 6.45) is -0.364. The van der Waals surface area contributed by atoms with Gasteiger partial charge in [0.1, 0.15) is 10.5 Å². The Balaban J connectivity index is 1.82. The van der Waals surface area contributed by atoms with Gasteiger partial charge in [0.2, 0.25) is 0 Å². The average Bonchev–Trinajstić information content (AvgIpc) is 2.95. The smallest absolute Gasteiger partial charge is 0.421 e. The fourth-order valence-corrected chi connectivity index (χ4v) is 4.62. The third-order valence-corrected chi connectivity index (χ3v) is 6.32. The first kappa shape index (κ1) is 22.9. The van der Waals surface area contributed by atoms with Gasteiger partial charge >= 0.3 is 6.09 Å². The lowest BCUT2D eigenvalue weighted by atomic mass is 10.1. The molecule has 0 spiro atoms. The van der Waals surface area contributed by atoms with E-state index >= 15 is 0 Å². The Hall–Kier alpha value is -2.78. The number of benzene rings is 2. The van der Waals surface area contributed by atoms with Crippen molar-refractivity contribution in [2.45, 2.75) is 50.7 Å². The number of carbonyl (C=O) groups excluding carboxylic acids is 2. The molecule has 1 heterocycles. The highest BCUT2D eigenvalue weighted by Crippen LogP contribution is 2.30. The van der Waals surface area contributed by atoms with Gasteiger partial charge in [0, 0.05) is 5.56 Å². The predicted molar refractivity (Wildman–Crippen MR) is 118 cm³/mol. The predicted octanol–water partition coefficient (Wildman–Crippen LogP) is 3.65. The summed E-state index contributed by atoms with van der Waals surface area (Å²) in [5.74, 6) is -0.506. The maximum atomic E-state index is 12.9. The van der Waals surface area contributed by atoms with Crippen LogP contribution in [-0.2, 0) is 21.2 Å². The van der Waals surface area contributed by atoms with E-state index in [1.54, 1.807) is 25.8 Å². The second-order valence-corrected chi connectivity index (χ2v) is 10.3. The lowest BCUT2D eigenvalue weighted by Gasteiger charge is -2.25. The van der Waals surface area contributed by atoms with Gasteiger partial charge in [0.25, 0.3) is 15.9 Å². The van der Waals surface area contributed by atoms with Crippen LogP contribution >= 0.6 is 11.6 Å². The highest BCUT2D eigenvalue weighted by molar-refractivity contribution is 7.90. The Morgan fingerprint density at radius 3 is 2.52 bits per heavy atom. The summed E-state index contributed by atoms with van der Waals surface area (Å²) < 4.78 is 32.1. The quantitative estimate of drug-likeness (QED) is 0.714. The Morgan fingerprint density at radius 2 is 1.84 bits per heavy atom. The van der Waals surface area contributed by atoms with Crippen molar-refractivity contribution in [1.82, 2.24) is 10.1 Å². The number of hydrogen-bond donors (Lipinski definition) is 2. The molecular formula is C21H24ClN3O5S. The second kappa shape index (κ2) is 8.39. The van der Waals surface area contributed by atoms with Crippen LogP contribution in [0.25, 0.3) is 0 Å². The SMILES string of the molecule is C[C@@H]1Cc2ccccc2N1NC(=O)c1ccc(Cl)c(S(=O)(=O)NC(=O)OC(C)(C)C)c1. The van der Waals surface area contributed by atoms with Crippen LogP contribution in [0.15, 0.2) is 47.4 Å². The maximum Gasteiger partial charge on any atom is 0.421 e. The zero-order valence-corrected chi connectivity index (χ0v) is 19.2. The molecule has 3 rings (SSSR count). The summed E-state index contributed by atoms with van der Waals surface area (Å²) in [5.41, 5.74) is 4.00. The van der Waals surface area contributed by atoms with E-state index < -0.39 is 32.5 Å². The van der Waals surface area contributed by atoms with E-state index in [9.17, 15) is 18.0 Å². The number of sulfonamides is 1. The highest BCUT2D eigenvalue weighted by Gasteiger charge is 2.29. The number of para-hydroxylation sites is 1. The molecule has 2 N–H and O–H groups in total. The van der Waals surface area contributed by atoms with Gasteiger partial charge in [-0.2, -0.15) is 0 Å². The Bertz CT molecular complexity index is 1130. The van der Waals surface area contributed by atoms with Crippen molar-refractivity contribution >= 4 is 39.3 Å². The second-order valence-electron chi connectivity index (χ2n) is 8.25. The van der Waals surface area contributed by atoms with Crippen LogP contribution in [0.1, 0.15) is 43.6 Å². The minimum atomic E-state index is -4.36. The van der Waals surface area contributed by atoms with E-state index in [-0.39, 0.29) is 16.6 Å². The van der Waals surface area contributed by atoms with E-state index in [2.05, 4.69) is 5.43 Å². The molecule has 31 heavy (non-hydrogen) atoms. The maximum absolute atomic E-state index is 12.9. The van der Waals surface area contributed by atoms with Gasteiger partial charge in [-0.15, -0.1) is 0 Å². The molecule has 1 aliphatic heterocycles. The number of anilines is 1. The van der Waals surface area contributed by atoms with Gasteiger partial charge < -0.3 is 4.74 Å². The van der Waals surface area contributed by atoms with Gasteiger partial charge in [-0.1, -0.05) is 29.8 Å². The first-order chi connectivity index (χ1) is 14.4. The molecule has 2 aromatic rings. The molecular weight excluding hydrogens is 442 g/mol. The molecule has 1 atom stereocenters. The molecule has 0 fully saturated rings. The molecule has 1 aliphatic rings. The molecule has 2 aromatic carbocycles. The standard InChI is InChI=1S/C21H24ClN3O5S/c1-13-11-14-7-5-6-8-17(14)25(13)23-19(26)15-9-10-16(22)18(12-15)31(28,29)24-20(27)30-21(2,3)4/h5-10,12-13H,11H2,1-4H3,(H,23,26)(H,24,27)/t13-/m1/s1. The van der Waals surface area contributed by atoms with E-state index in [4.69, 9.17) is 16.3 Å². The fraction of sp³-hybridized carbons (Fsp3) is 0.333. The van der Waals surface area contributed by atoms with Gasteiger partial charge in [-0.25, -0.2) is 17.9 Å². The summed E-state index contributed by atoms with van der Waals surface area (Å²) >= 11 is 6.05. The first-order valence-electron chi connectivity index (χ1n) is 9.61. The first-order valence-corrected chi connectivity index (χ1v) is 11.5. The molecule has 0 radical (unpaired) electrons. The molecule has 0 saturated carbocycles. The van der Waals surface area contributed by atoms with Crippen LogP contribution < -0.4 is 15.2 Å². The number of halogens is 1. The van der Waals surface area contributed by atoms with Crippen LogP contribution in [0.2, 0.25) is 5.02 Å². The van der Waals surface area contributed by atoms with Crippen LogP contribution in [0, 0.1) is 0 Å². The average molecular weight is 466 g/mol. The number of rotatable bonds is 4. The van der Waals surface area contributed by atoms with Crippen molar-refractivity contribution in [3.05, 3.63) is 58.6 Å². The van der Waals surface area contributed by atoms with Gasteiger partial charge in [0.05, 0.1) is 16.8 Å². The van der Waals surface area contributed by atoms with Crippen LogP contribution in [0.4, 0.5) is 10.5 Å². The molecule has 0 aromatic heterocycles. The monoisotopic (exact) mass is 465 g/mol. The number of hydrogen-bond acceptors (Lipinski definition) is 6. The number of amides is 2. The number of carbonyl (C=O) groups is 2. The topological polar surface area (TPSA) is 105 Å². The van der Waals surface area contributed by atoms with Crippen molar-refractivity contribution in [2.75, 3.05) is 5.01 Å². The molecule has 0 bridgehead atoms. The van der Waals surface area contributed by atoms with Crippen LogP contribution in [0.5, 0.6) is 0 Å². The number of ether oxygens (including phenoxy) is 1. The number of nitrogens with zero attached hydrogens (tertiary/aromatic N) is 1. The summed E-state index contributed by atoms with van der Waals surface area (Å²) in [7, 11) is -4.36. The van der Waals surface area contributed by atoms with Gasteiger partial charge in [-0.3, -0.25) is 15.2 Å². The van der Waals surface area contributed by atoms with E-state index in [0.29, 0.717) is 0 Å². The van der Waals surface area contributed by atoms with E-state index in [1.807, 2.05) is 35.9 Å². The number of fused-ring (bicyclic) bond motifs is 1. The Kier molecular flexibility index (Phi) is 6.20. The van der Waals surface area contributed by atoms with Crippen molar-refractivity contribution < 1.29 is 22.7 Å². The van der Waals surface area contributed by atoms with Gasteiger partial charge in [0.15, 0.2) is 0 Å².